The minimum Gasteiger partial charge on any atom is -0.439 e. The molecule has 0 fully saturated rings. The van der Waals surface area contributed by atoms with Gasteiger partial charge in [0.05, 0.1) is 0 Å². The maximum Gasteiger partial charge on any atom is 0.274 e. The van der Waals surface area contributed by atoms with E-state index in [1.54, 1.807) is 0 Å². The highest BCUT2D eigenvalue weighted by atomic mass is 35.5. The lowest BCUT2D eigenvalue weighted by Gasteiger charge is -2.51. The highest BCUT2D eigenvalue weighted by molar-refractivity contribution is 7.15. The molecule has 0 aromatic heterocycles. The molecule has 39 heavy (non-hydrogen) atoms. The van der Waals surface area contributed by atoms with E-state index >= 15 is 0 Å². The number of rotatable bonds is 8. The van der Waals surface area contributed by atoms with Crippen LogP contribution in [0.25, 0.3) is 0 Å². The number of allylic oxidation sites excluding steroid dienone is 8. The van der Waals surface area contributed by atoms with Gasteiger partial charge in [-0.1, -0.05) is 170 Å². The van der Waals surface area contributed by atoms with Crippen molar-refractivity contribution in [3.63, 3.8) is 0 Å². The number of alkyl halides is 2. The number of hydrogen-bond acceptors (Lipinski definition) is 1. The molecule has 0 bridgehead atoms. The molecule has 6 rings (SSSR count). The summed E-state index contributed by atoms with van der Waals surface area (Å²) in [5.41, 5.74) is 0. The van der Waals surface area contributed by atoms with Gasteiger partial charge in [0.15, 0.2) is 0 Å². The van der Waals surface area contributed by atoms with Crippen molar-refractivity contribution in [1.82, 2.24) is 0 Å². The first-order chi connectivity index (χ1) is 19.0. The van der Waals surface area contributed by atoms with E-state index in [2.05, 4.69) is 121 Å². The summed E-state index contributed by atoms with van der Waals surface area (Å²) in [5.74, 6) is 0. The lowest BCUT2D eigenvalue weighted by Crippen LogP contribution is -2.83. The van der Waals surface area contributed by atoms with Crippen molar-refractivity contribution in [2.45, 2.75) is 8.99 Å². The van der Waals surface area contributed by atoms with Gasteiger partial charge in [-0.05, 0) is 20.7 Å². The molecule has 0 saturated heterocycles. The molecule has 0 N–H and O–H groups in total. The second-order valence-corrected chi connectivity index (χ2v) is 19.3. The van der Waals surface area contributed by atoms with Crippen LogP contribution in [0.3, 0.4) is 0 Å². The average molecular weight is 580 g/mol. The Hall–Kier alpha value is -3.19. The van der Waals surface area contributed by atoms with Gasteiger partial charge >= 0.3 is 0 Å². The van der Waals surface area contributed by atoms with Crippen LogP contribution in [-0.2, 0) is 4.12 Å². The minimum absolute atomic E-state index is 0.878. The van der Waals surface area contributed by atoms with Gasteiger partial charge in [-0.3, -0.25) is 0 Å². The SMILES string of the molecule is ClC1([Si](O[Si](c2ccccc2)(c2ccccc2)C2(Cl)C=CC=C2)(c2ccccc2)c2ccccc2)C=CC=C1. The fraction of sp³-hybridized carbons (Fsp3) is 0.0588. The molecule has 2 aliphatic rings. The zero-order valence-electron chi connectivity index (χ0n) is 21.3. The summed E-state index contributed by atoms with van der Waals surface area (Å²) < 4.78 is 6.40. The van der Waals surface area contributed by atoms with Crippen LogP contribution in [0.4, 0.5) is 0 Å². The van der Waals surface area contributed by atoms with Gasteiger partial charge in [-0.2, -0.15) is 0 Å². The second kappa shape index (κ2) is 10.4. The van der Waals surface area contributed by atoms with Crippen LogP contribution in [0.5, 0.6) is 0 Å². The quantitative estimate of drug-likeness (QED) is 0.189. The van der Waals surface area contributed by atoms with Crippen LogP contribution in [0.15, 0.2) is 170 Å². The summed E-state index contributed by atoms with van der Waals surface area (Å²) >= 11 is 15.6. The van der Waals surface area contributed by atoms with Crippen LogP contribution in [0.1, 0.15) is 0 Å². The van der Waals surface area contributed by atoms with E-state index < -0.39 is 25.6 Å². The maximum atomic E-state index is 8.15. The fourth-order valence-electron chi connectivity index (χ4n) is 5.89. The number of hydrogen-bond donors (Lipinski definition) is 0. The summed E-state index contributed by atoms with van der Waals surface area (Å²) in [6.07, 6.45) is 16.5. The highest BCUT2D eigenvalue weighted by Gasteiger charge is 2.65. The van der Waals surface area contributed by atoms with Crippen molar-refractivity contribution >= 4 is 60.6 Å². The molecule has 0 aliphatic heterocycles. The molecule has 0 atom stereocenters. The van der Waals surface area contributed by atoms with E-state index in [9.17, 15) is 0 Å². The molecule has 4 aromatic rings. The van der Waals surface area contributed by atoms with Crippen molar-refractivity contribution in [2.24, 2.45) is 0 Å². The topological polar surface area (TPSA) is 9.23 Å². The molecule has 192 valence electrons. The fourth-order valence-corrected chi connectivity index (χ4v) is 19.6. The summed E-state index contributed by atoms with van der Waals surface area (Å²) in [6.45, 7) is 0. The first kappa shape index (κ1) is 26.1. The van der Waals surface area contributed by atoms with E-state index in [-0.39, 0.29) is 0 Å². The van der Waals surface area contributed by atoms with E-state index in [1.807, 2.05) is 48.6 Å². The van der Waals surface area contributed by atoms with Gasteiger partial charge in [0, 0.05) is 0 Å². The lowest BCUT2D eigenvalue weighted by atomic mass is 10.4. The Labute approximate surface area is 242 Å². The molecule has 0 radical (unpaired) electrons. The van der Waals surface area contributed by atoms with Gasteiger partial charge in [0.1, 0.15) is 8.99 Å². The Bertz CT molecular complexity index is 1330. The second-order valence-electron chi connectivity index (χ2n) is 9.90. The van der Waals surface area contributed by atoms with Gasteiger partial charge in [0.2, 0.25) is 0 Å². The molecule has 0 amide bonds. The zero-order valence-corrected chi connectivity index (χ0v) is 24.8. The van der Waals surface area contributed by atoms with Crippen molar-refractivity contribution in [2.75, 3.05) is 0 Å². The normalized spacial score (nSPS) is 17.1. The van der Waals surface area contributed by atoms with Crippen LogP contribution in [0.2, 0.25) is 0 Å². The van der Waals surface area contributed by atoms with Crippen molar-refractivity contribution in [3.05, 3.63) is 170 Å². The van der Waals surface area contributed by atoms with E-state index in [4.69, 9.17) is 27.3 Å². The minimum atomic E-state index is -3.35. The molecule has 1 nitrogen and oxygen atoms in total. The summed E-state index contributed by atoms with van der Waals surface area (Å²) in [7, 11) is -6.71. The first-order valence-corrected chi connectivity index (χ1v) is 17.7. The Morgan fingerprint density at radius 1 is 0.385 bits per heavy atom. The van der Waals surface area contributed by atoms with E-state index in [0.29, 0.717) is 0 Å². The smallest absolute Gasteiger partial charge is 0.274 e. The largest absolute Gasteiger partial charge is 0.439 e. The van der Waals surface area contributed by atoms with Crippen molar-refractivity contribution in [1.29, 1.82) is 0 Å². The van der Waals surface area contributed by atoms with Crippen molar-refractivity contribution < 1.29 is 4.12 Å². The summed E-state index contributed by atoms with van der Waals surface area (Å²) in [4.78, 5) is 0. The Morgan fingerprint density at radius 2 is 0.615 bits per heavy atom. The monoisotopic (exact) mass is 578 g/mol. The molecule has 0 spiro atoms. The third-order valence-electron chi connectivity index (χ3n) is 7.68. The Morgan fingerprint density at radius 3 is 0.846 bits per heavy atom. The zero-order chi connectivity index (χ0) is 26.8. The standard InChI is InChI=1S/C34H28Cl2OSi2/c35-33(25-13-14-26-33)38(29-17-5-1-6-18-29,30-19-7-2-8-20-30)37-39(31-21-9-3-10-22-31,32-23-11-4-12-24-32)34(36)27-15-16-28-34/h1-28H. The van der Waals surface area contributed by atoms with E-state index in [1.165, 1.54) is 0 Å². The van der Waals surface area contributed by atoms with Crippen molar-refractivity contribution in [3.8, 4) is 0 Å². The third kappa shape index (κ3) is 4.17. The summed E-state index contributed by atoms with van der Waals surface area (Å²) in [5, 5.41) is 4.38. The van der Waals surface area contributed by atoms with Crippen LogP contribution in [-0.4, -0.2) is 25.6 Å². The molecule has 4 aromatic carbocycles. The molecular weight excluding hydrogens is 551 g/mol. The van der Waals surface area contributed by atoms with Crippen LogP contribution in [0, 0.1) is 0 Å². The van der Waals surface area contributed by atoms with Gasteiger partial charge in [-0.25, -0.2) is 0 Å². The third-order valence-corrected chi connectivity index (χ3v) is 19.6. The molecule has 0 heterocycles. The predicted molar refractivity (Wildman–Crippen MR) is 171 cm³/mol. The Kier molecular flexibility index (Phi) is 6.96. The Balaban J connectivity index is 1.76. The number of halogens is 2. The molecule has 5 heteroatoms. The molecule has 2 aliphatic carbocycles. The number of benzene rings is 4. The van der Waals surface area contributed by atoms with Gasteiger partial charge in [0.25, 0.3) is 16.6 Å². The summed E-state index contributed by atoms with van der Waals surface area (Å²) in [6, 6.07) is 42.1. The molecular formula is C34H28Cl2OSi2. The maximum absolute atomic E-state index is 8.15. The molecule has 0 unspecified atom stereocenters. The predicted octanol–water partition coefficient (Wildman–Crippen LogP) is 5.81. The van der Waals surface area contributed by atoms with Gasteiger partial charge in [-0.15, -0.1) is 23.2 Å². The average Bonchev–Trinajstić information content (AvgIpc) is 3.65. The van der Waals surface area contributed by atoms with Crippen LogP contribution < -0.4 is 20.7 Å². The van der Waals surface area contributed by atoms with Crippen LogP contribution >= 0.6 is 23.2 Å². The molecule has 0 saturated carbocycles. The van der Waals surface area contributed by atoms with E-state index in [0.717, 1.165) is 20.7 Å². The lowest BCUT2D eigenvalue weighted by molar-refractivity contribution is 0.552. The highest BCUT2D eigenvalue weighted by Crippen LogP contribution is 2.42. The van der Waals surface area contributed by atoms with Gasteiger partial charge < -0.3 is 4.12 Å². The first-order valence-electron chi connectivity index (χ1n) is 13.1.